The van der Waals surface area contributed by atoms with Crippen molar-refractivity contribution in [3.05, 3.63) is 34.3 Å². The fraction of sp³-hybridized carbons (Fsp3) is 0.471. The maximum absolute atomic E-state index is 12.8. The van der Waals surface area contributed by atoms with Gasteiger partial charge in [-0.3, -0.25) is 4.79 Å². The topological polar surface area (TPSA) is 92.3 Å². The molecule has 158 valence electrons. The van der Waals surface area contributed by atoms with Crippen LogP contribution in [0.2, 0.25) is 0 Å². The fourth-order valence-corrected chi connectivity index (χ4v) is 5.15. The van der Waals surface area contributed by atoms with Crippen LogP contribution in [0.1, 0.15) is 29.0 Å². The number of hydrogen-bond acceptors (Lipinski definition) is 6. The molecule has 0 atom stereocenters. The number of halogens is 3. The van der Waals surface area contributed by atoms with Crippen LogP contribution in [-0.4, -0.2) is 41.9 Å². The van der Waals surface area contributed by atoms with E-state index in [1.54, 1.807) is 18.2 Å². The lowest BCUT2D eigenvalue weighted by molar-refractivity contribution is -0.138. The van der Waals surface area contributed by atoms with Gasteiger partial charge in [-0.05, 0) is 49.9 Å². The third-order valence-electron chi connectivity index (χ3n) is 4.84. The molecule has 3 rings (SSSR count). The lowest BCUT2D eigenvalue weighted by Gasteiger charge is -2.30. The van der Waals surface area contributed by atoms with Crippen LogP contribution in [0.25, 0.3) is 0 Å². The minimum atomic E-state index is -4.62. The Morgan fingerprint density at radius 2 is 1.83 bits per heavy atom. The second kappa shape index (κ2) is 8.00. The van der Waals surface area contributed by atoms with E-state index in [0.717, 1.165) is 11.1 Å². The first-order chi connectivity index (χ1) is 13.5. The minimum Gasteiger partial charge on any atom is -0.300 e. The molecule has 29 heavy (non-hydrogen) atoms. The van der Waals surface area contributed by atoms with E-state index in [1.807, 2.05) is 13.8 Å². The van der Waals surface area contributed by atoms with Crippen LogP contribution in [-0.2, 0) is 21.0 Å². The first-order valence-electron chi connectivity index (χ1n) is 8.77. The molecule has 0 saturated carbocycles. The molecule has 12 heteroatoms. The molecule has 1 fully saturated rings. The lowest BCUT2D eigenvalue weighted by Crippen LogP contribution is -2.41. The Labute approximate surface area is 170 Å². The predicted octanol–water partition coefficient (Wildman–Crippen LogP) is 3.21. The maximum atomic E-state index is 12.8. The zero-order valence-electron chi connectivity index (χ0n) is 15.7. The van der Waals surface area contributed by atoms with Gasteiger partial charge >= 0.3 is 6.18 Å². The molecule has 0 radical (unpaired) electrons. The molecule has 0 bridgehead atoms. The van der Waals surface area contributed by atoms with Crippen molar-refractivity contribution in [3.8, 4) is 0 Å². The van der Waals surface area contributed by atoms with Gasteiger partial charge in [-0.2, -0.15) is 17.5 Å². The quantitative estimate of drug-likeness (QED) is 0.776. The average Bonchev–Trinajstić information content (AvgIpc) is 3.13. The van der Waals surface area contributed by atoms with E-state index in [1.165, 1.54) is 4.31 Å². The highest BCUT2D eigenvalue weighted by Gasteiger charge is 2.36. The van der Waals surface area contributed by atoms with Crippen molar-refractivity contribution in [1.29, 1.82) is 0 Å². The zero-order chi connectivity index (χ0) is 21.4. The molecule has 1 aromatic carbocycles. The highest BCUT2D eigenvalue weighted by molar-refractivity contribution is 7.89. The monoisotopic (exact) mass is 448 g/mol. The molecule has 0 unspecified atom stereocenters. The standard InChI is InChI=1S/C17H19F3N4O3S2/c1-10-3-4-13(9-11(10)2)29(26,27)24-7-5-12(6-8-24)14(25)21-16-23-22-15(28-16)17(18,19)20/h3-4,9,12H,5-8H2,1-2H3,(H,21,23,25). The SMILES string of the molecule is Cc1ccc(S(=O)(=O)N2CCC(C(=O)Nc3nnc(C(F)(F)F)s3)CC2)cc1C. The van der Waals surface area contributed by atoms with E-state index >= 15 is 0 Å². The Balaban J connectivity index is 1.61. The number of nitrogens with one attached hydrogen (secondary N) is 1. The van der Waals surface area contributed by atoms with E-state index in [2.05, 4.69) is 15.5 Å². The van der Waals surface area contributed by atoms with Gasteiger partial charge in [0.1, 0.15) is 0 Å². The lowest BCUT2D eigenvalue weighted by atomic mass is 9.97. The summed E-state index contributed by atoms with van der Waals surface area (Å²) in [5.41, 5.74) is 1.86. The number of sulfonamides is 1. The molecule has 1 aromatic heterocycles. The molecule has 1 N–H and O–H groups in total. The van der Waals surface area contributed by atoms with Crippen molar-refractivity contribution >= 4 is 32.4 Å². The number of rotatable bonds is 4. The molecule has 1 aliphatic rings. The highest BCUT2D eigenvalue weighted by atomic mass is 32.2. The number of aromatic nitrogens is 2. The number of benzene rings is 1. The summed E-state index contributed by atoms with van der Waals surface area (Å²) in [5, 5.41) is 7.33. The first kappa shape index (κ1) is 21.7. The Hall–Kier alpha value is -2.05. The Bertz CT molecular complexity index is 1010. The first-order valence-corrected chi connectivity index (χ1v) is 11.0. The number of alkyl halides is 3. The van der Waals surface area contributed by atoms with Crippen molar-refractivity contribution in [2.24, 2.45) is 5.92 Å². The zero-order valence-corrected chi connectivity index (χ0v) is 17.3. The molecule has 0 spiro atoms. The summed E-state index contributed by atoms with van der Waals surface area (Å²) in [6.45, 7) is 4.03. The Morgan fingerprint density at radius 1 is 1.17 bits per heavy atom. The molecule has 2 heterocycles. The van der Waals surface area contributed by atoms with E-state index in [9.17, 15) is 26.4 Å². The van der Waals surface area contributed by atoms with Crippen molar-refractivity contribution < 1.29 is 26.4 Å². The van der Waals surface area contributed by atoms with Gasteiger partial charge in [0, 0.05) is 19.0 Å². The van der Waals surface area contributed by atoms with Gasteiger partial charge < -0.3 is 5.32 Å². The number of carbonyl (C=O) groups excluding carboxylic acids is 1. The Kier molecular flexibility index (Phi) is 5.97. The molecule has 7 nitrogen and oxygen atoms in total. The third-order valence-corrected chi connectivity index (χ3v) is 7.62. The van der Waals surface area contributed by atoms with Gasteiger partial charge in [-0.1, -0.05) is 17.4 Å². The van der Waals surface area contributed by atoms with Crippen LogP contribution in [0.4, 0.5) is 18.3 Å². The van der Waals surface area contributed by atoms with Crippen LogP contribution >= 0.6 is 11.3 Å². The second-order valence-corrected chi connectivity index (χ2v) is 9.74. The summed E-state index contributed by atoms with van der Waals surface area (Å²) in [6, 6.07) is 4.93. The second-order valence-electron chi connectivity index (χ2n) is 6.82. The van der Waals surface area contributed by atoms with E-state index in [0.29, 0.717) is 0 Å². The smallest absolute Gasteiger partial charge is 0.300 e. The third kappa shape index (κ3) is 4.75. The summed E-state index contributed by atoms with van der Waals surface area (Å²) in [6.07, 6.45) is -4.09. The van der Waals surface area contributed by atoms with Crippen LogP contribution in [0.5, 0.6) is 0 Å². The van der Waals surface area contributed by atoms with Crippen molar-refractivity contribution in [2.45, 2.75) is 37.8 Å². The van der Waals surface area contributed by atoms with Crippen LogP contribution in [0.3, 0.4) is 0 Å². The predicted molar refractivity (Wildman–Crippen MR) is 101 cm³/mol. The van der Waals surface area contributed by atoms with Crippen LogP contribution in [0.15, 0.2) is 23.1 Å². The van der Waals surface area contributed by atoms with E-state index in [4.69, 9.17) is 0 Å². The fourth-order valence-electron chi connectivity index (χ4n) is 2.98. The molecular formula is C17H19F3N4O3S2. The van der Waals surface area contributed by atoms with Gasteiger partial charge in [0.15, 0.2) is 0 Å². The number of anilines is 1. The normalized spacial score (nSPS) is 16.7. The molecule has 1 amide bonds. The van der Waals surface area contributed by atoms with Crippen molar-refractivity contribution in [2.75, 3.05) is 18.4 Å². The molecular weight excluding hydrogens is 429 g/mol. The molecule has 2 aromatic rings. The number of amides is 1. The minimum absolute atomic E-state index is 0.150. The van der Waals surface area contributed by atoms with Crippen LogP contribution < -0.4 is 5.32 Å². The summed E-state index contributed by atoms with van der Waals surface area (Å²) in [4.78, 5) is 12.5. The van der Waals surface area contributed by atoms with Gasteiger partial charge in [0.25, 0.3) is 0 Å². The van der Waals surface area contributed by atoms with E-state index in [-0.39, 0.29) is 47.3 Å². The summed E-state index contributed by atoms with van der Waals surface area (Å²) >= 11 is 0.251. The molecule has 1 aliphatic heterocycles. The summed E-state index contributed by atoms with van der Waals surface area (Å²) < 4.78 is 64.7. The van der Waals surface area contributed by atoms with Gasteiger partial charge in [-0.25, -0.2) is 8.42 Å². The molecule has 1 saturated heterocycles. The van der Waals surface area contributed by atoms with Crippen LogP contribution in [0, 0.1) is 19.8 Å². The summed E-state index contributed by atoms with van der Waals surface area (Å²) in [5.74, 6) is -1.00. The number of aryl methyl sites for hydroxylation is 2. The maximum Gasteiger partial charge on any atom is 0.445 e. The highest BCUT2D eigenvalue weighted by Crippen LogP contribution is 2.33. The Morgan fingerprint density at radius 3 is 2.38 bits per heavy atom. The van der Waals surface area contributed by atoms with Gasteiger partial charge in [0.2, 0.25) is 26.1 Å². The number of carbonyl (C=O) groups is 1. The van der Waals surface area contributed by atoms with Gasteiger partial charge in [0.05, 0.1) is 4.90 Å². The van der Waals surface area contributed by atoms with Crippen molar-refractivity contribution in [3.63, 3.8) is 0 Å². The molecule has 0 aliphatic carbocycles. The number of hydrogen-bond donors (Lipinski definition) is 1. The van der Waals surface area contributed by atoms with E-state index < -0.39 is 33.0 Å². The summed E-state index contributed by atoms with van der Waals surface area (Å²) in [7, 11) is -3.67. The van der Waals surface area contributed by atoms with Gasteiger partial charge in [-0.15, -0.1) is 10.2 Å². The number of nitrogens with zero attached hydrogens (tertiary/aromatic N) is 3. The van der Waals surface area contributed by atoms with Crippen molar-refractivity contribution in [1.82, 2.24) is 14.5 Å². The average molecular weight is 448 g/mol. The number of piperidine rings is 1. The largest absolute Gasteiger partial charge is 0.445 e.